The first-order valence-corrected chi connectivity index (χ1v) is 8.12. The first-order chi connectivity index (χ1) is 9.56. The number of halogens is 1. The second-order valence-corrected chi connectivity index (χ2v) is 6.76. The Hall–Kier alpha value is -1.03. The molecule has 3 nitrogen and oxygen atoms in total. The van der Waals surface area contributed by atoms with E-state index in [-0.39, 0.29) is 11.7 Å². The summed E-state index contributed by atoms with van der Waals surface area (Å²) < 4.78 is 0.766. The fourth-order valence-electron chi connectivity index (χ4n) is 3.00. The number of rotatable bonds is 4. The van der Waals surface area contributed by atoms with Crippen molar-refractivity contribution in [3.05, 3.63) is 28.2 Å². The van der Waals surface area contributed by atoms with Crippen LogP contribution in [-0.4, -0.2) is 17.6 Å². The minimum Gasteiger partial charge on any atom is -0.507 e. The summed E-state index contributed by atoms with van der Waals surface area (Å²) in [6.45, 7) is 3.00. The molecule has 1 amide bonds. The number of aromatic hydroxyl groups is 1. The van der Waals surface area contributed by atoms with Crippen molar-refractivity contribution in [3.63, 3.8) is 0 Å². The number of hydrogen-bond donors (Lipinski definition) is 2. The van der Waals surface area contributed by atoms with Crippen molar-refractivity contribution in [3.8, 4) is 5.75 Å². The van der Waals surface area contributed by atoms with E-state index in [1.54, 1.807) is 12.1 Å². The van der Waals surface area contributed by atoms with Gasteiger partial charge in [0.25, 0.3) is 5.91 Å². The molecule has 2 atom stereocenters. The first-order valence-electron chi connectivity index (χ1n) is 7.33. The largest absolute Gasteiger partial charge is 0.507 e. The summed E-state index contributed by atoms with van der Waals surface area (Å²) in [5.41, 5.74) is 0.338. The zero-order chi connectivity index (χ0) is 14.5. The smallest absolute Gasteiger partial charge is 0.255 e. The molecule has 1 aliphatic rings. The quantitative estimate of drug-likeness (QED) is 0.867. The molecule has 2 rings (SSSR count). The average Bonchev–Trinajstić information content (AvgIpc) is 2.38. The average molecular weight is 340 g/mol. The lowest BCUT2D eigenvalue weighted by Gasteiger charge is -2.26. The lowest BCUT2D eigenvalue weighted by atomic mass is 9.81. The van der Waals surface area contributed by atoms with Gasteiger partial charge in [-0.1, -0.05) is 42.1 Å². The molecule has 0 heterocycles. The van der Waals surface area contributed by atoms with E-state index in [0.717, 1.165) is 22.7 Å². The number of carbonyl (C=O) groups is 1. The van der Waals surface area contributed by atoms with Crippen molar-refractivity contribution in [2.45, 2.75) is 39.0 Å². The minimum atomic E-state index is -0.196. The lowest BCUT2D eigenvalue weighted by molar-refractivity contribution is 0.0947. The molecule has 110 valence electrons. The molecule has 1 aromatic carbocycles. The van der Waals surface area contributed by atoms with Crippen LogP contribution in [-0.2, 0) is 0 Å². The summed E-state index contributed by atoms with van der Waals surface area (Å²) in [4.78, 5) is 12.0. The molecule has 4 heteroatoms. The molecule has 0 aromatic heterocycles. The second-order valence-electron chi connectivity index (χ2n) is 5.84. The molecule has 1 saturated carbocycles. The van der Waals surface area contributed by atoms with E-state index in [9.17, 15) is 9.90 Å². The lowest BCUT2D eigenvalue weighted by Crippen LogP contribution is -2.27. The molecule has 0 aliphatic heterocycles. The van der Waals surface area contributed by atoms with Gasteiger partial charge in [0.05, 0.1) is 5.56 Å². The fourth-order valence-corrected chi connectivity index (χ4v) is 3.35. The van der Waals surface area contributed by atoms with Crippen LogP contribution in [0.5, 0.6) is 5.75 Å². The number of benzene rings is 1. The highest BCUT2D eigenvalue weighted by Crippen LogP contribution is 2.30. The monoisotopic (exact) mass is 339 g/mol. The Morgan fingerprint density at radius 2 is 2.25 bits per heavy atom. The molecule has 0 bridgehead atoms. The third kappa shape index (κ3) is 4.23. The van der Waals surface area contributed by atoms with Crippen molar-refractivity contribution < 1.29 is 9.90 Å². The molecule has 20 heavy (non-hydrogen) atoms. The van der Waals surface area contributed by atoms with Crippen molar-refractivity contribution in [1.29, 1.82) is 0 Å². The molecule has 1 fully saturated rings. The van der Waals surface area contributed by atoms with Gasteiger partial charge in [-0.2, -0.15) is 0 Å². The highest BCUT2D eigenvalue weighted by molar-refractivity contribution is 9.10. The molecule has 1 aromatic rings. The Morgan fingerprint density at radius 1 is 1.45 bits per heavy atom. The fraction of sp³-hybridized carbons (Fsp3) is 0.562. The molecule has 0 spiro atoms. The van der Waals surface area contributed by atoms with E-state index in [0.29, 0.717) is 12.1 Å². The SMILES string of the molecule is CC1CCCC(CCNC(=O)c2ccc(Br)cc2O)C1. The second kappa shape index (κ2) is 7.11. The van der Waals surface area contributed by atoms with E-state index >= 15 is 0 Å². The topological polar surface area (TPSA) is 49.3 Å². The maximum atomic E-state index is 12.0. The summed E-state index contributed by atoms with van der Waals surface area (Å²) >= 11 is 3.26. The molecule has 1 aliphatic carbocycles. The van der Waals surface area contributed by atoms with Crippen LogP contribution in [0.3, 0.4) is 0 Å². The van der Waals surface area contributed by atoms with Gasteiger partial charge < -0.3 is 10.4 Å². The Labute approximate surface area is 128 Å². The highest BCUT2D eigenvalue weighted by Gasteiger charge is 2.19. The summed E-state index contributed by atoms with van der Waals surface area (Å²) in [7, 11) is 0. The van der Waals surface area contributed by atoms with Gasteiger partial charge in [0.1, 0.15) is 5.75 Å². The molecule has 2 unspecified atom stereocenters. The Morgan fingerprint density at radius 3 is 2.95 bits per heavy atom. The molecular formula is C16H22BrNO2. The van der Waals surface area contributed by atoms with Crippen LogP contribution in [0.2, 0.25) is 0 Å². The van der Waals surface area contributed by atoms with Crippen molar-refractivity contribution in [1.82, 2.24) is 5.32 Å². The maximum Gasteiger partial charge on any atom is 0.255 e. The number of amides is 1. The molecule has 0 saturated heterocycles. The molecule has 0 radical (unpaired) electrons. The van der Waals surface area contributed by atoms with E-state index in [4.69, 9.17) is 0 Å². The standard InChI is InChI=1S/C16H22BrNO2/c1-11-3-2-4-12(9-11)7-8-18-16(20)14-6-5-13(17)10-15(14)19/h5-6,10-12,19H,2-4,7-9H2,1H3,(H,18,20). The summed E-state index contributed by atoms with van der Waals surface area (Å²) in [6, 6.07) is 4.94. The Bertz CT molecular complexity index is 476. The minimum absolute atomic E-state index is 0.0168. The van der Waals surface area contributed by atoms with Crippen LogP contribution >= 0.6 is 15.9 Å². The van der Waals surface area contributed by atoms with Crippen molar-refractivity contribution in [2.75, 3.05) is 6.54 Å². The van der Waals surface area contributed by atoms with Crippen LogP contribution in [0.15, 0.2) is 22.7 Å². The van der Waals surface area contributed by atoms with Gasteiger partial charge in [0.15, 0.2) is 0 Å². The van der Waals surface area contributed by atoms with Gasteiger partial charge in [-0.15, -0.1) is 0 Å². The third-order valence-corrected chi connectivity index (χ3v) is 4.58. The van der Waals surface area contributed by atoms with E-state index in [1.165, 1.54) is 31.7 Å². The van der Waals surface area contributed by atoms with Gasteiger partial charge in [0, 0.05) is 11.0 Å². The van der Waals surface area contributed by atoms with Gasteiger partial charge in [-0.25, -0.2) is 0 Å². The predicted octanol–water partition coefficient (Wildman–Crippen LogP) is 4.10. The maximum absolute atomic E-state index is 12.0. The van der Waals surface area contributed by atoms with Crippen LogP contribution in [0.1, 0.15) is 49.4 Å². The third-order valence-electron chi connectivity index (χ3n) is 4.09. The van der Waals surface area contributed by atoms with E-state index in [2.05, 4.69) is 28.2 Å². The molecular weight excluding hydrogens is 318 g/mol. The van der Waals surface area contributed by atoms with Crippen LogP contribution in [0, 0.1) is 11.8 Å². The van der Waals surface area contributed by atoms with Crippen molar-refractivity contribution in [2.24, 2.45) is 11.8 Å². The van der Waals surface area contributed by atoms with E-state index < -0.39 is 0 Å². The summed E-state index contributed by atoms with van der Waals surface area (Å²) in [5, 5.41) is 12.7. The predicted molar refractivity (Wildman–Crippen MR) is 83.9 cm³/mol. The summed E-state index contributed by atoms with van der Waals surface area (Å²) in [6.07, 6.45) is 6.25. The first kappa shape index (κ1) is 15.4. The summed E-state index contributed by atoms with van der Waals surface area (Å²) in [5.74, 6) is 1.37. The highest BCUT2D eigenvalue weighted by atomic mass is 79.9. The Balaban J connectivity index is 1.80. The van der Waals surface area contributed by atoms with Gasteiger partial charge in [-0.3, -0.25) is 4.79 Å². The number of hydrogen-bond acceptors (Lipinski definition) is 2. The van der Waals surface area contributed by atoms with Gasteiger partial charge >= 0.3 is 0 Å². The van der Waals surface area contributed by atoms with Crippen molar-refractivity contribution >= 4 is 21.8 Å². The molecule has 2 N–H and O–H groups in total. The van der Waals surface area contributed by atoms with Crippen LogP contribution in [0.4, 0.5) is 0 Å². The number of phenolic OH excluding ortho intramolecular Hbond substituents is 1. The Kier molecular flexibility index (Phi) is 5.46. The zero-order valence-corrected chi connectivity index (χ0v) is 13.4. The van der Waals surface area contributed by atoms with Gasteiger partial charge in [0.2, 0.25) is 0 Å². The van der Waals surface area contributed by atoms with E-state index in [1.807, 2.05) is 0 Å². The normalized spacial score (nSPS) is 22.5. The number of phenols is 1. The zero-order valence-electron chi connectivity index (χ0n) is 11.9. The van der Waals surface area contributed by atoms with Gasteiger partial charge in [-0.05, 0) is 42.9 Å². The van der Waals surface area contributed by atoms with Crippen LogP contribution in [0.25, 0.3) is 0 Å². The number of carbonyl (C=O) groups excluding carboxylic acids is 1. The van der Waals surface area contributed by atoms with Crippen LogP contribution < -0.4 is 5.32 Å². The number of nitrogens with one attached hydrogen (secondary N) is 1.